The molecule has 0 aliphatic rings. The van der Waals surface area contributed by atoms with E-state index >= 15 is 0 Å². The first-order chi connectivity index (χ1) is 9.17. The minimum absolute atomic E-state index is 0.163. The van der Waals surface area contributed by atoms with E-state index in [1.54, 1.807) is 30.5 Å². The van der Waals surface area contributed by atoms with Crippen LogP contribution in [0.15, 0.2) is 54.0 Å². The smallest absolute Gasteiger partial charge is 0.256 e. The van der Waals surface area contributed by atoms with E-state index in [0.29, 0.717) is 16.9 Å². The molecule has 2 heterocycles. The highest BCUT2D eigenvalue weighted by Crippen LogP contribution is 2.20. The van der Waals surface area contributed by atoms with Crippen molar-refractivity contribution in [2.45, 2.75) is 6.92 Å². The van der Waals surface area contributed by atoms with Gasteiger partial charge in [-0.15, -0.1) is 0 Å². The molecule has 0 aliphatic carbocycles. The fraction of sp³-hybridized carbons (Fsp3) is 0.0667. The number of aromatic amines is 1. The summed E-state index contributed by atoms with van der Waals surface area (Å²) in [6.07, 6.45) is 8.71. The van der Waals surface area contributed by atoms with Gasteiger partial charge in [-0.3, -0.25) is 4.79 Å². The molecule has 0 radical (unpaired) electrons. The van der Waals surface area contributed by atoms with Gasteiger partial charge in [-0.05, 0) is 24.6 Å². The molecule has 0 unspecified atom stereocenters. The molecule has 0 saturated carbocycles. The summed E-state index contributed by atoms with van der Waals surface area (Å²) in [6.45, 7) is 5.55. The summed E-state index contributed by atoms with van der Waals surface area (Å²) in [5.41, 5.74) is 7.68. The molecular weight excluding hydrogens is 238 g/mol. The van der Waals surface area contributed by atoms with Crippen LogP contribution in [-0.4, -0.2) is 9.97 Å². The Labute approximate surface area is 111 Å². The Morgan fingerprint density at radius 2 is 2.32 bits per heavy atom. The van der Waals surface area contributed by atoms with Crippen molar-refractivity contribution in [2.75, 3.05) is 5.73 Å². The first kappa shape index (κ1) is 12.8. The molecule has 0 amide bonds. The summed E-state index contributed by atoms with van der Waals surface area (Å²) in [6, 6.07) is 3.48. The predicted molar refractivity (Wildman–Crippen MR) is 79.8 cm³/mol. The monoisotopic (exact) mass is 253 g/mol. The maximum Gasteiger partial charge on any atom is 0.256 e. The number of rotatable bonds is 3. The number of nitrogens with one attached hydrogen (secondary N) is 1. The number of nitrogen functional groups attached to an aromatic ring is 1. The fourth-order valence-corrected chi connectivity index (χ4v) is 1.91. The van der Waals surface area contributed by atoms with Crippen molar-refractivity contribution in [1.82, 2.24) is 9.97 Å². The normalized spacial score (nSPS) is 12.2. The molecular formula is C15H15N3O. The Balaban J connectivity index is 2.77. The van der Waals surface area contributed by atoms with Gasteiger partial charge in [-0.1, -0.05) is 30.9 Å². The van der Waals surface area contributed by atoms with Gasteiger partial charge in [0.25, 0.3) is 5.56 Å². The minimum atomic E-state index is -0.163. The van der Waals surface area contributed by atoms with Crippen LogP contribution in [0.3, 0.4) is 0 Å². The molecule has 19 heavy (non-hydrogen) atoms. The van der Waals surface area contributed by atoms with E-state index in [1.165, 1.54) is 0 Å². The number of H-pyrrole nitrogens is 1. The first-order valence-electron chi connectivity index (χ1n) is 5.90. The summed E-state index contributed by atoms with van der Waals surface area (Å²) in [5.74, 6) is 0.397. The largest absolute Gasteiger partial charge is 0.383 e. The molecule has 2 aromatic heterocycles. The van der Waals surface area contributed by atoms with Crippen molar-refractivity contribution in [1.29, 1.82) is 0 Å². The predicted octanol–water partition coefficient (Wildman–Crippen LogP) is 2.65. The summed E-state index contributed by atoms with van der Waals surface area (Å²) in [5, 5.41) is 0.733. The number of hydrogen-bond donors (Lipinski definition) is 2. The van der Waals surface area contributed by atoms with E-state index in [0.717, 1.165) is 11.0 Å². The topological polar surface area (TPSA) is 71.8 Å². The Hall–Kier alpha value is -2.62. The zero-order valence-electron chi connectivity index (χ0n) is 10.7. The number of aromatic nitrogens is 2. The lowest BCUT2D eigenvalue weighted by molar-refractivity contribution is 1.26. The van der Waals surface area contributed by atoms with E-state index in [1.807, 2.05) is 19.1 Å². The molecule has 96 valence electrons. The second-order valence-electron chi connectivity index (χ2n) is 4.03. The number of anilines is 1. The third-order valence-corrected chi connectivity index (χ3v) is 2.76. The van der Waals surface area contributed by atoms with Crippen LogP contribution in [0.1, 0.15) is 12.5 Å². The van der Waals surface area contributed by atoms with Crippen molar-refractivity contribution in [3.63, 3.8) is 0 Å². The van der Waals surface area contributed by atoms with Crippen LogP contribution in [0.25, 0.3) is 16.5 Å². The summed E-state index contributed by atoms with van der Waals surface area (Å²) >= 11 is 0. The Bertz CT molecular complexity index is 739. The van der Waals surface area contributed by atoms with Gasteiger partial charge in [0, 0.05) is 17.1 Å². The van der Waals surface area contributed by atoms with Gasteiger partial charge in [0.05, 0.1) is 5.52 Å². The van der Waals surface area contributed by atoms with Crippen LogP contribution in [0.2, 0.25) is 0 Å². The van der Waals surface area contributed by atoms with Gasteiger partial charge in [0.15, 0.2) is 0 Å². The number of allylic oxidation sites excluding steroid dienone is 5. The minimum Gasteiger partial charge on any atom is -0.383 e. The highest BCUT2D eigenvalue weighted by Gasteiger charge is 2.07. The van der Waals surface area contributed by atoms with Crippen molar-refractivity contribution in [3.8, 4) is 0 Å². The van der Waals surface area contributed by atoms with Gasteiger partial charge in [-0.25, -0.2) is 4.98 Å². The third kappa shape index (κ3) is 2.47. The summed E-state index contributed by atoms with van der Waals surface area (Å²) in [4.78, 5) is 18.9. The standard InChI is InChI=1S/C15H15N3O/c1-3-5-10(6-4-2)11-9-12-13(18-15(11)19)7-8-17-14(12)16/h3-9H,1H2,2H3,(H2,16,17)(H,18,19)/b6-4-,10-5+. The summed E-state index contributed by atoms with van der Waals surface area (Å²) in [7, 11) is 0. The number of fused-ring (bicyclic) bond motifs is 1. The molecule has 0 saturated heterocycles. The average molecular weight is 253 g/mol. The van der Waals surface area contributed by atoms with Crippen molar-refractivity contribution < 1.29 is 0 Å². The van der Waals surface area contributed by atoms with E-state index in [2.05, 4.69) is 16.5 Å². The fourth-order valence-electron chi connectivity index (χ4n) is 1.91. The molecule has 3 N–H and O–H groups in total. The lowest BCUT2D eigenvalue weighted by Crippen LogP contribution is -2.12. The molecule has 2 aromatic rings. The van der Waals surface area contributed by atoms with Crippen LogP contribution in [0.5, 0.6) is 0 Å². The second kappa shape index (κ2) is 5.35. The van der Waals surface area contributed by atoms with Gasteiger partial charge in [0.1, 0.15) is 5.82 Å². The highest BCUT2D eigenvalue weighted by atomic mass is 16.1. The van der Waals surface area contributed by atoms with E-state index in [4.69, 9.17) is 5.73 Å². The second-order valence-corrected chi connectivity index (χ2v) is 4.03. The number of nitrogens with zero attached hydrogens (tertiary/aromatic N) is 1. The maximum absolute atomic E-state index is 12.1. The molecule has 0 aromatic carbocycles. The van der Waals surface area contributed by atoms with Crippen LogP contribution in [-0.2, 0) is 0 Å². The Morgan fingerprint density at radius 3 is 3.00 bits per heavy atom. The van der Waals surface area contributed by atoms with Crippen LogP contribution in [0, 0.1) is 0 Å². The van der Waals surface area contributed by atoms with E-state index in [9.17, 15) is 4.79 Å². The van der Waals surface area contributed by atoms with E-state index < -0.39 is 0 Å². The molecule has 0 fully saturated rings. The maximum atomic E-state index is 12.1. The lowest BCUT2D eigenvalue weighted by Gasteiger charge is -2.05. The van der Waals surface area contributed by atoms with Gasteiger partial charge < -0.3 is 10.7 Å². The molecule has 0 aliphatic heterocycles. The van der Waals surface area contributed by atoms with Crippen LogP contribution >= 0.6 is 0 Å². The number of pyridine rings is 2. The zero-order valence-corrected chi connectivity index (χ0v) is 10.7. The molecule has 4 nitrogen and oxygen atoms in total. The van der Waals surface area contributed by atoms with Crippen molar-refractivity contribution in [3.05, 3.63) is 65.1 Å². The van der Waals surface area contributed by atoms with Crippen molar-refractivity contribution >= 4 is 22.3 Å². The van der Waals surface area contributed by atoms with Crippen LogP contribution in [0.4, 0.5) is 5.82 Å². The molecule has 0 spiro atoms. The average Bonchev–Trinajstić information content (AvgIpc) is 2.38. The zero-order chi connectivity index (χ0) is 13.8. The molecule has 0 atom stereocenters. The van der Waals surface area contributed by atoms with Gasteiger partial charge in [0.2, 0.25) is 0 Å². The van der Waals surface area contributed by atoms with Gasteiger partial charge in [-0.2, -0.15) is 0 Å². The third-order valence-electron chi connectivity index (χ3n) is 2.76. The lowest BCUT2D eigenvalue weighted by atomic mass is 10.0. The number of hydrogen-bond acceptors (Lipinski definition) is 3. The van der Waals surface area contributed by atoms with E-state index in [-0.39, 0.29) is 5.56 Å². The molecule has 2 rings (SSSR count). The number of nitrogens with two attached hydrogens (primary N) is 1. The SMILES string of the molecule is C=C/C=C(\C=C/C)c1cc2c(N)nccc2[nH]c1=O. The Morgan fingerprint density at radius 1 is 1.53 bits per heavy atom. The summed E-state index contributed by atoms with van der Waals surface area (Å²) < 4.78 is 0. The quantitative estimate of drug-likeness (QED) is 0.826. The van der Waals surface area contributed by atoms with Crippen LogP contribution < -0.4 is 11.3 Å². The molecule has 0 bridgehead atoms. The van der Waals surface area contributed by atoms with Crippen molar-refractivity contribution in [2.24, 2.45) is 0 Å². The molecule has 4 heteroatoms. The Kier molecular flexibility index (Phi) is 3.61. The highest BCUT2D eigenvalue weighted by molar-refractivity contribution is 5.91. The first-order valence-corrected chi connectivity index (χ1v) is 5.90. The van der Waals surface area contributed by atoms with Gasteiger partial charge >= 0.3 is 0 Å².